The molecule has 3 N–H and O–H groups in total. The molecule has 2 aromatic carbocycles. The molecular formula is C23H21F3N4O4S. The van der Waals surface area contributed by atoms with Crippen molar-refractivity contribution in [1.82, 2.24) is 4.98 Å². The van der Waals surface area contributed by atoms with E-state index in [-0.39, 0.29) is 36.0 Å². The number of ether oxygens (including phenoxy) is 1. The molecule has 2 atom stereocenters. The third kappa shape index (κ3) is 5.08. The minimum atomic E-state index is -4.10. The lowest BCUT2D eigenvalue weighted by Crippen LogP contribution is -2.40. The lowest BCUT2D eigenvalue weighted by atomic mass is 9.96. The number of methoxy groups -OCH3 is 1. The third-order valence-corrected chi connectivity index (χ3v) is 6.59. The maximum Gasteiger partial charge on any atom is 0.255 e. The van der Waals surface area contributed by atoms with Crippen molar-refractivity contribution in [2.45, 2.75) is 23.4 Å². The first kappa shape index (κ1) is 24.5. The Labute approximate surface area is 199 Å². The Hall–Kier alpha value is -3.64. The smallest absolute Gasteiger partial charge is 0.255 e. The number of carbonyl (C=O) groups excluding carboxylic acids is 1. The molecule has 1 aromatic heterocycles. The zero-order chi connectivity index (χ0) is 25.3. The summed E-state index contributed by atoms with van der Waals surface area (Å²) in [5, 5.41) is 7.32. The summed E-state index contributed by atoms with van der Waals surface area (Å²) in [6.45, 7) is 0.226. The molecule has 1 amide bonds. The fourth-order valence-electron chi connectivity index (χ4n) is 4.14. The molecule has 1 aliphatic rings. The van der Waals surface area contributed by atoms with Crippen LogP contribution in [0, 0.1) is 17.5 Å². The number of hydrogen-bond acceptors (Lipinski definition) is 6. The second-order valence-corrected chi connectivity index (χ2v) is 9.49. The molecule has 35 heavy (non-hydrogen) atoms. The first-order valence-corrected chi connectivity index (χ1v) is 12.0. The minimum Gasteiger partial charge on any atom is -0.491 e. The highest BCUT2D eigenvalue weighted by Crippen LogP contribution is 2.41. The second-order valence-electron chi connectivity index (χ2n) is 7.98. The van der Waals surface area contributed by atoms with Gasteiger partial charge in [0.05, 0.1) is 12.8 Å². The Kier molecular flexibility index (Phi) is 6.68. The second kappa shape index (κ2) is 9.55. The number of nitrogens with zero attached hydrogens (tertiary/aromatic N) is 2. The summed E-state index contributed by atoms with van der Waals surface area (Å²) in [5.74, 6) is -3.85. The van der Waals surface area contributed by atoms with Crippen molar-refractivity contribution in [2.75, 3.05) is 23.9 Å². The molecule has 2 heterocycles. The SMILES string of the molecule is COc1c(N2C[C@@H](c3ccc(F)cc3)C[C@@H]2C(=O)Nc2ccnc(S(N)(=O)=O)c2)ccc(F)c1F. The van der Waals surface area contributed by atoms with Crippen LogP contribution in [0.2, 0.25) is 0 Å². The molecule has 12 heteroatoms. The summed E-state index contributed by atoms with van der Waals surface area (Å²) >= 11 is 0. The van der Waals surface area contributed by atoms with Crippen LogP contribution in [0.5, 0.6) is 5.75 Å². The number of pyridine rings is 1. The standard InChI is InChI=1S/C23H21F3N4O4S/c1-34-22-18(7-6-17(25)21(22)26)30-12-14(13-2-4-15(24)5-3-13)10-19(30)23(31)29-16-8-9-28-20(11-16)35(27,32)33/h2-9,11,14,19H,10,12H2,1H3,(H2,27,32,33)(H,28,29,31)/t14-,19+/m0/s1. The van der Waals surface area contributed by atoms with Crippen LogP contribution in [-0.2, 0) is 14.8 Å². The number of rotatable bonds is 6. The fourth-order valence-corrected chi connectivity index (χ4v) is 4.64. The summed E-state index contributed by atoms with van der Waals surface area (Å²) in [5.41, 5.74) is 1.06. The van der Waals surface area contributed by atoms with Crippen molar-refractivity contribution >= 4 is 27.3 Å². The van der Waals surface area contributed by atoms with Gasteiger partial charge in [-0.25, -0.2) is 27.3 Å². The molecule has 0 spiro atoms. The molecule has 0 bridgehead atoms. The average molecular weight is 507 g/mol. The summed E-state index contributed by atoms with van der Waals surface area (Å²) in [7, 11) is -2.91. The quantitative estimate of drug-likeness (QED) is 0.531. The molecule has 0 radical (unpaired) electrons. The van der Waals surface area contributed by atoms with Crippen molar-refractivity contribution in [3.8, 4) is 5.75 Å². The van der Waals surface area contributed by atoms with E-state index in [4.69, 9.17) is 9.88 Å². The van der Waals surface area contributed by atoms with E-state index >= 15 is 0 Å². The van der Waals surface area contributed by atoms with E-state index in [0.717, 1.165) is 17.7 Å². The van der Waals surface area contributed by atoms with Crippen molar-refractivity contribution in [3.63, 3.8) is 0 Å². The van der Waals surface area contributed by atoms with Gasteiger partial charge >= 0.3 is 0 Å². The predicted octanol–water partition coefficient (Wildman–Crippen LogP) is 3.16. The van der Waals surface area contributed by atoms with Gasteiger partial charge in [-0.05, 0) is 42.3 Å². The van der Waals surface area contributed by atoms with Crippen LogP contribution in [0.3, 0.4) is 0 Å². The Morgan fingerprint density at radius 3 is 2.51 bits per heavy atom. The Morgan fingerprint density at radius 1 is 1.14 bits per heavy atom. The average Bonchev–Trinajstić information content (AvgIpc) is 3.26. The number of anilines is 2. The maximum absolute atomic E-state index is 14.5. The van der Waals surface area contributed by atoms with Crippen LogP contribution in [0.4, 0.5) is 24.5 Å². The van der Waals surface area contributed by atoms with Crippen LogP contribution in [0.25, 0.3) is 0 Å². The minimum absolute atomic E-state index is 0.136. The number of hydrogen-bond donors (Lipinski definition) is 2. The summed E-state index contributed by atoms with van der Waals surface area (Å²) in [6.07, 6.45) is 1.44. The predicted molar refractivity (Wildman–Crippen MR) is 122 cm³/mol. The Balaban J connectivity index is 1.70. The van der Waals surface area contributed by atoms with Gasteiger partial charge in [-0.15, -0.1) is 0 Å². The van der Waals surface area contributed by atoms with Crippen LogP contribution in [-0.4, -0.2) is 39.0 Å². The van der Waals surface area contributed by atoms with Gasteiger partial charge in [-0.3, -0.25) is 4.79 Å². The normalized spacial score (nSPS) is 17.9. The number of amides is 1. The number of carbonyl (C=O) groups is 1. The monoisotopic (exact) mass is 506 g/mol. The van der Waals surface area contributed by atoms with Gasteiger partial charge in [0.2, 0.25) is 11.7 Å². The molecule has 1 fully saturated rings. The van der Waals surface area contributed by atoms with Gasteiger partial charge in [-0.1, -0.05) is 12.1 Å². The molecule has 8 nitrogen and oxygen atoms in total. The highest BCUT2D eigenvalue weighted by Gasteiger charge is 2.39. The van der Waals surface area contributed by atoms with Crippen LogP contribution in [0.15, 0.2) is 59.8 Å². The third-order valence-electron chi connectivity index (χ3n) is 5.78. The van der Waals surface area contributed by atoms with E-state index in [0.29, 0.717) is 0 Å². The largest absolute Gasteiger partial charge is 0.491 e. The van der Waals surface area contributed by atoms with E-state index in [1.165, 1.54) is 37.6 Å². The van der Waals surface area contributed by atoms with E-state index in [1.807, 2.05) is 0 Å². The lowest BCUT2D eigenvalue weighted by Gasteiger charge is -2.27. The Bertz CT molecular complexity index is 1370. The van der Waals surface area contributed by atoms with Crippen molar-refractivity contribution in [2.24, 2.45) is 5.14 Å². The summed E-state index contributed by atoms with van der Waals surface area (Å²) in [6, 6.07) is 9.68. The van der Waals surface area contributed by atoms with Crippen molar-refractivity contribution in [3.05, 3.63) is 77.7 Å². The number of nitrogens with two attached hydrogens (primary N) is 1. The van der Waals surface area contributed by atoms with Gasteiger partial charge < -0.3 is 15.0 Å². The maximum atomic E-state index is 14.5. The highest BCUT2D eigenvalue weighted by atomic mass is 32.2. The number of primary sulfonamides is 1. The molecule has 0 aliphatic carbocycles. The van der Waals surface area contributed by atoms with E-state index in [1.54, 1.807) is 17.0 Å². The molecule has 1 saturated heterocycles. The van der Waals surface area contributed by atoms with Crippen molar-refractivity contribution in [1.29, 1.82) is 0 Å². The fraction of sp³-hybridized carbons (Fsp3) is 0.217. The van der Waals surface area contributed by atoms with E-state index < -0.39 is 44.4 Å². The van der Waals surface area contributed by atoms with Crippen LogP contribution in [0.1, 0.15) is 17.9 Å². The van der Waals surface area contributed by atoms with Gasteiger partial charge in [0.25, 0.3) is 10.0 Å². The van der Waals surface area contributed by atoms with Gasteiger partial charge in [0.15, 0.2) is 16.6 Å². The number of benzene rings is 2. The van der Waals surface area contributed by atoms with Crippen LogP contribution >= 0.6 is 0 Å². The topological polar surface area (TPSA) is 115 Å². The molecule has 0 saturated carbocycles. The van der Waals surface area contributed by atoms with E-state index in [2.05, 4.69) is 10.3 Å². The molecule has 184 valence electrons. The van der Waals surface area contributed by atoms with Gasteiger partial charge in [0.1, 0.15) is 11.9 Å². The van der Waals surface area contributed by atoms with Gasteiger partial charge in [-0.2, -0.15) is 4.39 Å². The number of halogens is 3. The zero-order valence-electron chi connectivity index (χ0n) is 18.4. The highest BCUT2D eigenvalue weighted by molar-refractivity contribution is 7.89. The first-order chi connectivity index (χ1) is 16.6. The molecule has 1 aliphatic heterocycles. The van der Waals surface area contributed by atoms with Crippen LogP contribution < -0.4 is 20.1 Å². The molecule has 0 unspecified atom stereocenters. The lowest BCUT2D eigenvalue weighted by molar-refractivity contribution is -0.117. The number of sulfonamides is 1. The Morgan fingerprint density at radius 2 is 1.86 bits per heavy atom. The summed E-state index contributed by atoms with van der Waals surface area (Å²) in [4.78, 5) is 18.6. The van der Waals surface area contributed by atoms with E-state index in [9.17, 15) is 26.4 Å². The summed E-state index contributed by atoms with van der Waals surface area (Å²) < 4.78 is 70.0. The van der Waals surface area contributed by atoms with Gasteiger partial charge in [0, 0.05) is 30.4 Å². The van der Waals surface area contributed by atoms with Crippen molar-refractivity contribution < 1.29 is 31.1 Å². The zero-order valence-corrected chi connectivity index (χ0v) is 19.2. The number of aromatic nitrogens is 1. The molecular weight excluding hydrogens is 485 g/mol. The number of nitrogens with one attached hydrogen (secondary N) is 1. The first-order valence-electron chi connectivity index (χ1n) is 10.4. The molecule has 3 aromatic rings. The molecule has 4 rings (SSSR count).